The van der Waals surface area contributed by atoms with Gasteiger partial charge in [-0.15, -0.1) is 0 Å². The van der Waals surface area contributed by atoms with E-state index in [9.17, 15) is 18.0 Å². The zero-order valence-corrected chi connectivity index (χ0v) is 15.6. The van der Waals surface area contributed by atoms with Crippen molar-refractivity contribution in [3.8, 4) is 5.75 Å². The first-order valence-corrected chi connectivity index (χ1v) is 8.45. The number of carboxylic acid groups (broad SMARTS) is 1. The highest BCUT2D eigenvalue weighted by Gasteiger charge is 2.59. The maximum atomic E-state index is 14.0. The Morgan fingerprint density at radius 3 is 2.36 bits per heavy atom. The average Bonchev–Trinajstić information content (AvgIpc) is 3.07. The van der Waals surface area contributed by atoms with E-state index in [4.69, 9.17) is 37.9 Å². The number of rotatable bonds is 4. The molecule has 0 aliphatic carbocycles. The third-order valence-corrected chi connectivity index (χ3v) is 4.56. The Morgan fingerprint density at radius 1 is 1.18 bits per heavy atom. The second-order valence-electron chi connectivity index (χ2n) is 5.87. The van der Waals surface area contributed by atoms with E-state index in [-0.39, 0.29) is 38.2 Å². The number of hydrogen-bond acceptors (Lipinski definition) is 4. The summed E-state index contributed by atoms with van der Waals surface area (Å²) >= 11 is 11.7. The van der Waals surface area contributed by atoms with Gasteiger partial charge in [0.2, 0.25) is 5.60 Å². The molecule has 10 heteroatoms. The second kappa shape index (κ2) is 7.20. The maximum absolute atomic E-state index is 14.0. The van der Waals surface area contributed by atoms with Gasteiger partial charge in [-0.25, -0.2) is 4.79 Å². The second-order valence-corrected chi connectivity index (χ2v) is 6.75. The molecule has 0 fully saturated rings. The number of aromatic carboxylic acids is 1. The van der Waals surface area contributed by atoms with Gasteiger partial charge in [0.05, 0.1) is 12.8 Å². The van der Waals surface area contributed by atoms with Crippen molar-refractivity contribution in [1.29, 1.82) is 0 Å². The average molecular weight is 434 g/mol. The fourth-order valence-corrected chi connectivity index (χ4v) is 3.32. The summed E-state index contributed by atoms with van der Waals surface area (Å²) in [6.45, 7) is 0. The minimum atomic E-state index is -4.85. The molecule has 5 nitrogen and oxygen atoms in total. The molecule has 0 radical (unpaired) electrons. The van der Waals surface area contributed by atoms with Gasteiger partial charge in [-0.3, -0.25) is 10.3 Å². The summed E-state index contributed by atoms with van der Waals surface area (Å²) in [5.41, 5.74) is -0.806. The van der Waals surface area contributed by atoms with E-state index < -0.39 is 17.7 Å². The lowest BCUT2D eigenvalue weighted by atomic mass is 9.91. The zero-order chi connectivity index (χ0) is 20.7. The zero-order valence-electron chi connectivity index (χ0n) is 14.1. The van der Waals surface area contributed by atoms with Gasteiger partial charge in [0.1, 0.15) is 11.3 Å². The molecule has 2 N–H and O–H groups in total. The molecule has 0 aromatic heterocycles. The van der Waals surface area contributed by atoms with Gasteiger partial charge in [-0.05, 0) is 36.4 Å². The Kier molecular flexibility index (Phi) is 5.22. The highest BCUT2D eigenvalue weighted by molar-refractivity contribution is 6.34. The highest BCUT2D eigenvalue weighted by atomic mass is 35.5. The normalized spacial score (nSPS) is 19.1. The number of methoxy groups -OCH3 is 1. The van der Waals surface area contributed by atoms with Crippen LogP contribution in [0.25, 0.3) is 5.70 Å². The summed E-state index contributed by atoms with van der Waals surface area (Å²) in [7, 11) is 1.26. The van der Waals surface area contributed by atoms with Gasteiger partial charge >= 0.3 is 12.1 Å². The number of hydroxylamine groups is 1. The molecular weight excluding hydrogens is 422 g/mol. The summed E-state index contributed by atoms with van der Waals surface area (Å²) in [4.78, 5) is 16.2. The predicted octanol–water partition coefficient (Wildman–Crippen LogP) is 5.03. The number of alkyl halides is 3. The Morgan fingerprint density at radius 2 is 1.82 bits per heavy atom. The van der Waals surface area contributed by atoms with E-state index in [0.29, 0.717) is 0 Å². The summed E-state index contributed by atoms with van der Waals surface area (Å²) in [6.07, 6.45) is -4.01. The van der Waals surface area contributed by atoms with Crippen LogP contribution in [0.15, 0.2) is 42.5 Å². The largest absolute Gasteiger partial charge is 0.496 e. The molecule has 0 saturated heterocycles. The van der Waals surface area contributed by atoms with E-state index >= 15 is 0 Å². The SMILES string of the molecule is COc1cc(C2=CC(c3cc(Cl)cc(Cl)c3)(C(F)(F)F)ON2)ccc1C(=O)O. The van der Waals surface area contributed by atoms with Gasteiger partial charge in [0, 0.05) is 21.2 Å². The lowest BCUT2D eigenvalue weighted by molar-refractivity contribution is -0.269. The number of carboxylic acids is 1. The van der Waals surface area contributed by atoms with E-state index in [2.05, 4.69) is 5.48 Å². The van der Waals surface area contributed by atoms with Gasteiger partial charge in [0.25, 0.3) is 0 Å². The Balaban J connectivity index is 2.13. The Hall–Kier alpha value is -2.42. The first-order valence-electron chi connectivity index (χ1n) is 7.69. The molecule has 2 aromatic carbocycles. The fraction of sp³-hybridized carbons (Fsp3) is 0.167. The molecule has 2 aromatic rings. The topological polar surface area (TPSA) is 67.8 Å². The van der Waals surface area contributed by atoms with E-state index in [1.165, 1.54) is 31.4 Å². The predicted molar refractivity (Wildman–Crippen MR) is 96.3 cm³/mol. The molecule has 1 atom stereocenters. The van der Waals surface area contributed by atoms with Crippen LogP contribution in [0.4, 0.5) is 13.2 Å². The molecule has 1 aliphatic rings. The lowest BCUT2D eigenvalue weighted by Crippen LogP contribution is -2.42. The molecule has 0 bridgehead atoms. The van der Waals surface area contributed by atoms with Gasteiger partial charge in [-0.2, -0.15) is 13.2 Å². The minimum absolute atomic E-state index is 0.0111. The van der Waals surface area contributed by atoms with Crippen LogP contribution in [0, 0.1) is 0 Å². The number of ether oxygens (including phenoxy) is 1. The first kappa shape index (κ1) is 20.3. The third kappa shape index (κ3) is 3.50. The summed E-state index contributed by atoms with van der Waals surface area (Å²) < 4.78 is 46.9. The molecule has 1 heterocycles. The molecule has 0 saturated carbocycles. The van der Waals surface area contributed by atoms with E-state index in [1.54, 1.807) is 0 Å². The number of benzene rings is 2. The van der Waals surface area contributed by atoms with Gasteiger partial charge in [0.15, 0.2) is 0 Å². The smallest absolute Gasteiger partial charge is 0.428 e. The molecule has 1 unspecified atom stereocenters. The van der Waals surface area contributed by atoms with Crippen molar-refractivity contribution in [2.24, 2.45) is 0 Å². The van der Waals surface area contributed by atoms with Crippen LogP contribution in [0.2, 0.25) is 10.0 Å². The third-order valence-electron chi connectivity index (χ3n) is 4.13. The molecular formula is C18H12Cl2F3NO4. The fourth-order valence-electron chi connectivity index (χ4n) is 2.79. The minimum Gasteiger partial charge on any atom is -0.496 e. The molecule has 0 amide bonds. The van der Waals surface area contributed by atoms with Gasteiger partial charge < -0.3 is 9.84 Å². The van der Waals surface area contributed by atoms with Crippen molar-refractivity contribution >= 4 is 34.9 Å². The van der Waals surface area contributed by atoms with Crippen molar-refractivity contribution in [2.75, 3.05) is 7.11 Å². The Labute approximate surface area is 167 Å². The molecule has 3 rings (SSSR count). The van der Waals surface area contributed by atoms with Crippen molar-refractivity contribution in [3.63, 3.8) is 0 Å². The molecule has 28 heavy (non-hydrogen) atoms. The van der Waals surface area contributed by atoms with Crippen molar-refractivity contribution < 1.29 is 32.6 Å². The number of nitrogens with one attached hydrogen (secondary N) is 1. The van der Waals surface area contributed by atoms with Gasteiger partial charge in [-0.1, -0.05) is 29.3 Å². The van der Waals surface area contributed by atoms with Crippen LogP contribution in [0.5, 0.6) is 5.75 Å². The highest BCUT2D eigenvalue weighted by Crippen LogP contribution is 2.48. The standard InChI is InChI=1S/C18H12Cl2F3NO4/c1-27-15-4-9(2-3-13(15)16(25)26)14-8-17(28-24-14,18(21,22)23)10-5-11(19)7-12(20)6-10/h2-8,24H,1H3,(H,25,26). The quantitative estimate of drug-likeness (QED) is 0.707. The molecule has 1 aliphatic heterocycles. The number of halogens is 5. The van der Waals surface area contributed by atoms with Crippen LogP contribution < -0.4 is 10.2 Å². The van der Waals surface area contributed by atoms with Crippen LogP contribution in [-0.4, -0.2) is 24.4 Å². The van der Waals surface area contributed by atoms with E-state index in [1.807, 2.05) is 0 Å². The number of carbonyl (C=O) groups is 1. The number of hydrogen-bond donors (Lipinski definition) is 2. The summed E-state index contributed by atoms with van der Waals surface area (Å²) in [5.74, 6) is -1.24. The lowest BCUT2D eigenvalue weighted by Gasteiger charge is -2.28. The van der Waals surface area contributed by atoms with Crippen molar-refractivity contribution in [1.82, 2.24) is 5.48 Å². The van der Waals surface area contributed by atoms with Crippen LogP contribution >= 0.6 is 23.2 Å². The molecule has 148 valence electrons. The van der Waals surface area contributed by atoms with E-state index in [0.717, 1.165) is 18.2 Å². The summed E-state index contributed by atoms with van der Waals surface area (Å²) in [6, 6.07) is 7.38. The van der Waals surface area contributed by atoms with Crippen molar-refractivity contribution in [2.45, 2.75) is 11.8 Å². The molecule has 0 spiro atoms. The Bertz CT molecular complexity index is 958. The first-order chi connectivity index (χ1) is 13.1. The van der Waals surface area contributed by atoms with Crippen molar-refractivity contribution in [3.05, 3.63) is 69.2 Å². The monoisotopic (exact) mass is 433 g/mol. The summed E-state index contributed by atoms with van der Waals surface area (Å²) in [5, 5.41) is 9.17. The van der Waals surface area contributed by atoms with Crippen LogP contribution in [0.1, 0.15) is 21.5 Å². The van der Waals surface area contributed by atoms with Crippen LogP contribution in [-0.2, 0) is 10.4 Å². The maximum Gasteiger partial charge on any atom is 0.428 e. The van der Waals surface area contributed by atoms with Crippen LogP contribution in [0.3, 0.4) is 0 Å².